The molecule has 14 heteroatoms. The second kappa shape index (κ2) is 9.31. The van der Waals surface area contributed by atoms with Gasteiger partial charge in [-0.25, -0.2) is 9.00 Å². The van der Waals surface area contributed by atoms with Crippen LogP contribution >= 0.6 is 0 Å². The maximum atomic E-state index is 13.2. The van der Waals surface area contributed by atoms with Crippen LogP contribution in [-0.4, -0.2) is 72.5 Å². The highest BCUT2D eigenvalue weighted by molar-refractivity contribution is 7.85. The van der Waals surface area contributed by atoms with Crippen molar-refractivity contribution < 1.29 is 26.6 Å². The first-order valence-electron chi connectivity index (χ1n) is 9.85. The van der Waals surface area contributed by atoms with E-state index in [0.29, 0.717) is 44.1 Å². The van der Waals surface area contributed by atoms with Crippen LogP contribution in [0.15, 0.2) is 41.3 Å². The average Bonchev–Trinajstić information content (AvgIpc) is 3.45. The molecule has 1 saturated heterocycles. The molecule has 0 saturated carbocycles. The summed E-state index contributed by atoms with van der Waals surface area (Å²) in [7, 11) is -1.30. The summed E-state index contributed by atoms with van der Waals surface area (Å²) in [5.41, 5.74) is 0.0444. The lowest BCUT2D eigenvalue weighted by Crippen LogP contribution is -2.49. The van der Waals surface area contributed by atoms with E-state index >= 15 is 0 Å². The molecule has 0 spiro atoms. The normalized spacial score (nSPS) is 16.1. The third kappa shape index (κ3) is 5.39. The Morgan fingerprint density at radius 2 is 1.97 bits per heavy atom. The summed E-state index contributed by atoms with van der Waals surface area (Å²) in [6.45, 7) is 2.22. The second-order valence-corrected chi connectivity index (χ2v) is 8.47. The number of rotatable bonds is 5. The van der Waals surface area contributed by atoms with Crippen molar-refractivity contribution in [3.8, 4) is 11.5 Å². The predicted octanol–water partition coefficient (Wildman–Crippen LogP) is 2.44. The lowest BCUT2D eigenvalue weighted by Gasteiger charge is -2.34. The number of aromatic nitrogens is 4. The predicted molar refractivity (Wildman–Crippen MR) is 112 cm³/mol. The molecule has 1 fully saturated rings. The zero-order chi connectivity index (χ0) is 23.6. The van der Waals surface area contributed by atoms with Crippen LogP contribution in [0.3, 0.4) is 0 Å². The van der Waals surface area contributed by atoms with E-state index in [4.69, 9.17) is 4.42 Å². The van der Waals surface area contributed by atoms with Gasteiger partial charge in [0, 0.05) is 56.8 Å². The number of carbonyl (C=O) groups is 1. The van der Waals surface area contributed by atoms with E-state index in [-0.39, 0.29) is 17.5 Å². The lowest BCUT2D eigenvalue weighted by atomic mass is 10.0. The zero-order valence-corrected chi connectivity index (χ0v) is 18.3. The molecule has 2 aromatic heterocycles. The van der Waals surface area contributed by atoms with Gasteiger partial charge in [-0.15, -0.1) is 15.3 Å². The number of hydrogen-bond acceptors (Lipinski definition) is 7. The summed E-state index contributed by atoms with van der Waals surface area (Å²) in [5.74, 6) is 0.347. The van der Waals surface area contributed by atoms with Gasteiger partial charge in [-0.05, 0) is 17.7 Å². The van der Waals surface area contributed by atoms with Crippen LogP contribution in [-0.2, 0) is 23.7 Å². The number of nitrogens with one attached hydrogen (secondary N) is 1. The number of hydrogen-bond donors (Lipinski definition) is 1. The van der Waals surface area contributed by atoms with E-state index in [1.165, 1.54) is 23.2 Å². The Labute approximate surface area is 189 Å². The van der Waals surface area contributed by atoms with Crippen molar-refractivity contribution in [2.75, 3.05) is 37.2 Å². The Morgan fingerprint density at radius 3 is 2.61 bits per heavy atom. The van der Waals surface area contributed by atoms with Gasteiger partial charge in [0.15, 0.2) is 5.82 Å². The number of halogens is 3. The molecule has 3 aromatic rings. The molecule has 1 aromatic carbocycles. The maximum absolute atomic E-state index is 13.2. The molecule has 1 amide bonds. The standard InChI is InChI=1S/C19H20F3N7O3S/c1-33(31)26-16-4-5-29(25-16)18(30)28-8-6-27(7-9-28)11-13-2-3-14(19(20,21)22)10-15(13)17-24-23-12-32-17/h2-5,10,12H,6-9,11H2,1H3,(H,25,26). The Balaban J connectivity index is 1.42. The highest BCUT2D eigenvalue weighted by Gasteiger charge is 2.32. The number of amides is 1. The van der Waals surface area contributed by atoms with Crippen molar-refractivity contribution >= 4 is 22.8 Å². The molecule has 33 heavy (non-hydrogen) atoms. The van der Waals surface area contributed by atoms with Gasteiger partial charge in [-0.2, -0.15) is 17.9 Å². The largest absolute Gasteiger partial charge is 0.423 e. The zero-order valence-electron chi connectivity index (χ0n) is 17.4. The molecule has 0 bridgehead atoms. The molecule has 1 unspecified atom stereocenters. The van der Waals surface area contributed by atoms with Gasteiger partial charge in [0.1, 0.15) is 11.0 Å². The van der Waals surface area contributed by atoms with Gasteiger partial charge in [0.2, 0.25) is 12.3 Å². The van der Waals surface area contributed by atoms with E-state index in [0.717, 1.165) is 18.5 Å². The van der Waals surface area contributed by atoms with Crippen LogP contribution in [0.1, 0.15) is 11.1 Å². The number of benzene rings is 1. The van der Waals surface area contributed by atoms with Crippen LogP contribution in [0.4, 0.5) is 23.8 Å². The van der Waals surface area contributed by atoms with E-state index < -0.39 is 22.7 Å². The van der Waals surface area contributed by atoms with E-state index in [1.54, 1.807) is 11.0 Å². The van der Waals surface area contributed by atoms with Gasteiger partial charge in [-0.1, -0.05) is 6.07 Å². The Kier molecular flexibility index (Phi) is 6.47. The van der Waals surface area contributed by atoms with Crippen LogP contribution in [0.5, 0.6) is 0 Å². The molecule has 4 rings (SSSR count). The van der Waals surface area contributed by atoms with Gasteiger partial charge >= 0.3 is 12.2 Å². The average molecular weight is 483 g/mol. The lowest BCUT2D eigenvalue weighted by molar-refractivity contribution is -0.137. The van der Waals surface area contributed by atoms with Gasteiger partial charge in [0.25, 0.3) is 0 Å². The minimum absolute atomic E-state index is 0.0148. The molecular weight excluding hydrogens is 463 g/mol. The van der Waals surface area contributed by atoms with E-state index in [1.807, 2.05) is 4.90 Å². The minimum atomic E-state index is -4.49. The molecule has 176 valence electrons. The molecule has 0 aliphatic carbocycles. The third-order valence-corrected chi connectivity index (χ3v) is 5.59. The summed E-state index contributed by atoms with van der Waals surface area (Å²) in [5, 5.41) is 11.4. The number of carbonyl (C=O) groups excluding carboxylic acids is 1. The van der Waals surface area contributed by atoms with Crippen LogP contribution in [0.25, 0.3) is 11.5 Å². The molecule has 10 nitrogen and oxygen atoms in total. The number of nitrogens with zero attached hydrogens (tertiary/aromatic N) is 6. The third-order valence-electron chi connectivity index (χ3n) is 5.10. The fourth-order valence-corrected chi connectivity index (χ4v) is 3.90. The quantitative estimate of drug-likeness (QED) is 0.594. The molecule has 1 N–H and O–H groups in total. The molecular formula is C19H20F3N7O3S. The Hall–Kier alpha value is -3.26. The van der Waals surface area contributed by atoms with Crippen LogP contribution < -0.4 is 4.72 Å². The minimum Gasteiger partial charge on any atom is -0.423 e. The molecule has 1 atom stereocenters. The Morgan fingerprint density at radius 1 is 1.21 bits per heavy atom. The summed E-state index contributed by atoms with van der Waals surface area (Å²) in [6, 6.07) is 4.69. The number of alkyl halides is 3. The molecule has 3 heterocycles. The fourth-order valence-electron chi connectivity index (χ4n) is 3.50. The van der Waals surface area contributed by atoms with Crippen molar-refractivity contribution in [3.63, 3.8) is 0 Å². The van der Waals surface area contributed by atoms with E-state index in [9.17, 15) is 22.2 Å². The number of piperazine rings is 1. The first kappa shape index (κ1) is 22.9. The first-order chi connectivity index (χ1) is 15.7. The van der Waals surface area contributed by atoms with Crippen molar-refractivity contribution in [3.05, 3.63) is 48.0 Å². The van der Waals surface area contributed by atoms with Crippen molar-refractivity contribution in [2.45, 2.75) is 12.7 Å². The van der Waals surface area contributed by atoms with Gasteiger partial charge in [-0.3, -0.25) is 9.62 Å². The monoisotopic (exact) mass is 483 g/mol. The summed E-state index contributed by atoms with van der Waals surface area (Å²) < 4.78 is 59.7. The summed E-state index contributed by atoms with van der Waals surface area (Å²) in [4.78, 5) is 16.3. The second-order valence-electron chi connectivity index (χ2n) is 7.36. The highest BCUT2D eigenvalue weighted by Crippen LogP contribution is 2.34. The molecule has 1 aliphatic rings. The van der Waals surface area contributed by atoms with Gasteiger partial charge in [0.05, 0.1) is 5.56 Å². The topological polar surface area (TPSA) is 109 Å². The van der Waals surface area contributed by atoms with Crippen LogP contribution in [0, 0.1) is 0 Å². The fraction of sp³-hybridized carbons (Fsp3) is 0.368. The maximum Gasteiger partial charge on any atom is 0.416 e. The smallest absolute Gasteiger partial charge is 0.416 e. The molecule has 1 aliphatic heterocycles. The SMILES string of the molecule is CS(=O)Nc1ccn(C(=O)N2CCN(Cc3ccc(C(F)(F)F)cc3-c3nnco3)CC2)n1. The van der Waals surface area contributed by atoms with Crippen molar-refractivity contribution in [1.29, 1.82) is 0 Å². The van der Waals surface area contributed by atoms with Gasteiger partial charge < -0.3 is 9.32 Å². The first-order valence-corrected chi connectivity index (χ1v) is 11.4. The van der Waals surface area contributed by atoms with Crippen molar-refractivity contribution in [2.24, 2.45) is 0 Å². The van der Waals surface area contributed by atoms with Crippen molar-refractivity contribution in [1.82, 2.24) is 29.8 Å². The van der Waals surface area contributed by atoms with Crippen LogP contribution in [0.2, 0.25) is 0 Å². The van der Waals surface area contributed by atoms with E-state index in [2.05, 4.69) is 20.0 Å². The molecule has 0 radical (unpaired) electrons. The number of anilines is 1. The summed E-state index contributed by atoms with van der Waals surface area (Å²) >= 11 is 0. The highest BCUT2D eigenvalue weighted by atomic mass is 32.2. The Bertz CT molecular complexity index is 1140. The summed E-state index contributed by atoms with van der Waals surface area (Å²) in [6.07, 6.45) is -0.477.